The second-order valence-electron chi connectivity index (χ2n) is 8.34. The van der Waals surface area contributed by atoms with Crippen LogP contribution in [0.1, 0.15) is 38.5 Å². The van der Waals surface area contributed by atoms with Gasteiger partial charge in [-0.2, -0.15) is 0 Å². The average Bonchev–Trinajstić information content (AvgIpc) is 3.23. The molecule has 2 aromatic rings. The van der Waals surface area contributed by atoms with Gasteiger partial charge in [-0.1, -0.05) is 0 Å². The number of anilines is 1. The Bertz CT molecular complexity index is 792. The lowest BCUT2D eigenvalue weighted by atomic mass is 9.84. The molecule has 1 saturated carbocycles. The number of aromatic nitrogens is 1. The van der Waals surface area contributed by atoms with Gasteiger partial charge in [0.2, 0.25) is 5.91 Å². The summed E-state index contributed by atoms with van der Waals surface area (Å²) in [5.41, 5.74) is 0.903. The van der Waals surface area contributed by atoms with E-state index in [-0.39, 0.29) is 18.9 Å². The van der Waals surface area contributed by atoms with Crippen molar-refractivity contribution >= 4 is 22.7 Å². The minimum absolute atomic E-state index is 0.0191. The summed E-state index contributed by atoms with van der Waals surface area (Å²) < 4.78 is 5.51. The molecular formula is C22H32N4O3. The van der Waals surface area contributed by atoms with Gasteiger partial charge in [0, 0.05) is 44.8 Å². The third-order valence-corrected chi connectivity index (χ3v) is 6.43. The molecule has 0 atom stereocenters. The van der Waals surface area contributed by atoms with E-state index >= 15 is 0 Å². The number of carbonyl (C=O) groups is 1. The molecule has 1 saturated heterocycles. The van der Waals surface area contributed by atoms with Gasteiger partial charge in [0.25, 0.3) is 0 Å². The average molecular weight is 401 g/mol. The molecule has 0 radical (unpaired) electrons. The minimum Gasteiger partial charge on any atom is -0.464 e. The molecule has 4 rings (SSSR count). The number of nitrogens with one attached hydrogen (secondary N) is 1. The first-order valence-corrected chi connectivity index (χ1v) is 10.9. The van der Waals surface area contributed by atoms with Crippen molar-refractivity contribution in [3.63, 3.8) is 0 Å². The van der Waals surface area contributed by atoms with E-state index in [0.29, 0.717) is 6.04 Å². The molecule has 0 spiro atoms. The first-order chi connectivity index (χ1) is 14.2. The van der Waals surface area contributed by atoms with Crippen LogP contribution in [-0.2, 0) is 4.79 Å². The van der Waals surface area contributed by atoms with Crippen molar-refractivity contribution in [2.45, 2.75) is 44.6 Å². The Labute approximate surface area is 172 Å². The van der Waals surface area contributed by atoms with Crippen LogP contribution in [0.4, 0.5) is 5.82 Å². The third-order valence-electron chi connectivity index (χ3n) is 6.43. The minimum atomic E-state index is -0.0677. The van der Waals surface area contributed by atoms with E-state index in [1.54, 1.807) is 6.26 Å². The monoisotopic (exact) mass is 400 g/mol. The molecule has 0 unspecified atom stereocenters. The molecular weight excluding hydrogens is 368 g/mol. The lowest BCUT2D eigenvalue weighted by molar-refractivity contribution is -0.122. The molecule has 7 heteroatoms. The number of aliphatic hydroxyl groups excluding tert-OH is 1. The van der Waals surface area contributed by atoms with Crippen LogP contribution in [0.15, 0.2) is 29.0 Å². The van der Waals surface area contributed by atoms with Crippen LogP contribution in [0.3, 0.4) is 0 Å². The summed E-state index contributed by atoms with van der Waals surface area (Å²) in [7, 11) is 0. The molecule has 2 fully saturated rings. The van der Waals surface area contributed by atoms with Crippen LogP contribution in [0, 0.1) is 5.92 Å². The maximum atomic E-state index is 11.6. The molecule has 2 aromatic heterocycles. The van der Waals surface area contributed by atoms with E-state index in [9.17, 15) is 4.79 Å². The standard InChI is InChI=1S/C22H32N4O3/c27-15-7-21(28)24-18-3-1-17(2-4-18)6-10-25-11-13-26(14-12-25)22-19-8-16-29-20(19)5-9-23-22/h5,8-9,16-18,27H,1-4,6-7,10-15H2,(H,24,28). The van der Waals surface area contributed by atoms with Gasteiger partial charge in [-0.25, -0.2) is 4.98 Å². The summed E-state index contributed by atoms with van der Waals surface area (Å²) in [5, 5.41) is 13.0. The number of furan rings is 1. The van der Waals surface area contributed by atoms with E-state index in [0.717, 1.165) is 68.3 Å². The summed E-state index contributed by atoms with van der Waals surface area (Å²) >= 11 is 0. The number of piperazine rings is 1. The number of fused-ring (bicyclic) bond motifs is 1. The Morgan fingerprint density at radius 1 is 1.17 bits per heavy atom. The lowest BCUT2D eigenvalue weighted by Gasteiger charge is -2.37. The molecule has 1 aliphatic heterocycles. The van der Waals surface area contributed by atoms with Crippen LogP contribution in [0.2, 0.25) is 0 Å². The number of pyridine rings is 1. The highest BCUT2D eigenvalue weighted by molar-refractivity contribution is 5.88. The molecule has 158 valence electrons. The van der Waals surface area contributed by atoms with Crippen molar-refractivity contribution in [3.8, 4) is 0 Å². The predicted octanol–water partition coefficient (Wildman–Crippen LogP) is 2.40. The van der Waals surface area contributed by atoms with Gasteiger partial charge in [0.05, 0.1) is 18.3 Å². The van der Waals surface area contributed by atoms with Gasteiger partial charge < -0.3 is 19.7 Å². The zero-order valence-electron chi connectivity index (χ0n) is 17.1. The number of nitrogens with zero attached hydrogens (tertiary/aromatic N) is 3. The quantitative estimate of drug-likeness (QED) is 0.743. The van der Waals surface area contributed by atoms with Crippen LogP contribution >= 0.6 is 0 Å². The van der Waals surface area contributed by atoms with Crippen molar-refractivity contribution in [1.82, 2.24) is 15.2 Å². The second-order valence-corrected chi connectivity index (χ2v) is 8.34. The largest absolute Gasteiger partial charge is 0.464 e. The second kappa shape index (κ2) is 9.59. The van der Waals surface area contributed by atoms with Crippen LogP contribution in [-0.4, -0.2) is 66.3 Å². The normalized spacial score (nSPS) is 23.4. The van der Waals surface area contributed by atoms with Gasteiger partial charge >= 0.3 is 0 Å². The fourth-order valence-corrected chi connectivity index (χ4v) is 4.68. The summed E-state index contributed by atoms with van der Waals surface area (Å²) in [6.45, 7) is 5.23. The zero-order chi connectivity index (χ0) is 20.1. The van der Waals surface area contributed by atoms with E-state index in [4.69, 9.17) is 9.52 Å². The highest BCUT2D eigenvalue weighted by Crippen LogP contribution is 2.28. The fraction of sp³-hybridized carbons (Fsp3) is 0.636. The number of hydrogen-bond acceptors (Lipinski definition) is 6. The van der Waals surface area contributed by atoms with Crippen molar-refractivity contribution in [3.05, 3.63) is 24.6 Å². The van der Waals surface area contributed by atoms with Gasteiger partial charge in [-0.3, -0.25) is 9.69 Å². The Morgan fingerprint density at radius 3 is 2.72 bits per heavy atom. The van der Waals surface area contributed by atoms with E-state index < -0.39 is 0 Å². The Kier molecular flexibility index (Phi) is 6.67. The molecule has 2 aliphatic rings. The maximum Gasteiger partial charge on any atom is 0.222 e. The number of rotatable bonds is 7. The van der Waals surface area contributed by atoms with Crippen LogP contribution in [0.5, 0.6) is 0 Å². The molecule has 1 aliphatic carbocycles. The van der Waals surface area contributed by atoms with E-state index in [1.807, 2.05) is 18.3 Å². The van der Waals surface area contributed by atoms with E-state index in [2.05, 4.69) is 20.1 Å². The van der Waals surface area contributed by atoms with Crippen molar-refractivity contribution in [2.24, 2.45) is 5.92 Å². The summed E-state index contributed by atoms with van der Waals surface area (Å²) in [5.74, 6) is 1.78. The molecule has 29 heavy (non-hydrogen) atoms. The molecule has 7 nitrogen and oxygen atoms in total. The number of carbonyl (C=O) groups excluding carboxylic acids is 1. The van der Waals surface area contributed by atoms with Gasteiger partial charge in [0.1, 0.15) is 11.4 Å². The first-order valence-electron chi connectivity index (χ1n) is 10.9. The molecule has 1 amide bonds. The van der Waals surface area contributed by atoms with Crippen LogP contribution in [0.25, 0.3) is 11.0 Å². The summed E-state index contributed by atoms with van der Waals surface area (Å²) in [6.07, 6.45) is 9.54. The predicted molar refractivity (Wildman–Crippen MR) is 113 cm³/mol. The smallest absolute Gasteiger partial charge is 0.222 e. The molecule has 0 aromatic carbocycles. The Morgan fingerprint density at radius 2 is 1.97 bits per heavy atom. The van der Waals surface area contributed by atoms with Gasteiger partial charge in [-0.15, -0.1) is 0 Å². The third kappa shape index (κ3) is 5.08. The van der Waals surface area contributed by atoms with E-state index in [1.165, 1.54) is 19.3 Å². The number of hydrogen-bond donors (Lipinski definition) is 2. The van der Waals surface area contributed by atoms with Crippen LogP contribution < -0.4 is 10.2 Å². The maximum absolute atomic E-state index is 11.6. The Hall–Kier alpha value is -2.12. The highest BCUT2D eigenvalue weighted by Gasteiger charge is 2.24. The van der Waals surface area contributed by atoms with Gasteiger partial charge in [0.15, 0.2) is 0 Å². The fourth-order valence-electron chi connectivity index (χ4n) is 4.68. The van der Waals surface area contributed by atoms with Crippen molar-refractivity contribution < 1.29 is 14.3 Å². The van der Waals surface area contributed by atoms with Crippen molar-refractivity contribution in [1.29, 1.82) is 0 Å². The SMILES string of the molecule is O=C(CCO)NC1CCC(CCN2CCN(c3nccc4occc34)CC2)CC1. The van der Waals surface area contributed by atoms with Gasteiger partial charge in [-0.05, 0) is 56.7 Å². The first kappa shape index (κ1) is 20.2. The summed E-state index contributed by atoms with van der Waals surface area (Å²) in [4.78, 5) is 21.1. The molecule has 3 heterocycles. The lowest BCUT2D eigenvalue weighted by Crippen LogP contribution is -2.47. The number of amides is 1. The topological polar surface area (TPSA) is 81.8 Å². The van der Waals surface area contributed by atoms with Crippen molar-refractivity contribution in [2.75, 3.05) is 44.2 Å². The highest BCUT2D eigenvalue weighted by atomic mass is 16.3. The number of aliphatic hydroxyl groups is 1. The molecule has 0 bridgehead atoms. The Balaban J connectivity index is 1.17. The zero-order valence-corrected chi connectivity index (χ0v) is 17.1. The summed E-state index contributed by atoms with van der Waals surface area (Å²) in [6, 6.07) is 4.22. The molecule has 2 N–H and O–H groups in total.